The minimum Gasteiger partial charge on any atom is -0.452 e. The maximum atomic E-state index is 13.0. The van der Waals surface area contributed by atoms with Crippen LogP contribution in [0.3, 0.4) is 0 Å². The molecule has 3 rings (SSSR count). The summed E-state index contributed by atoms with van der Waals surface area (Å²) in [6, 6.07) is 10.9. The van der Waals surface area contributed by atoms with E-state index in [1.54, 1.807) is 37.3 Å². The molecule has 0 aromatic heterocycles. The van der Waals surface area contributed by atoms with Crippen LogP contribution in [0.4, 0.5) is 5.69 Å². The van der Waals surface area contributed by atoms with Gasteiger partial charge >= 0.3 is 5.97 Å². The van der Waals surface area contributed by atoms with Gasteiger partial charge in [0.15, 0.2) is 6.61 Å². The quantitative estimate of drug-likeness (QED) is 0.678. The number of aryl methyl sites for hydroxylation is 1. The molecule has 9 heteroatoms. The molecule has 1 fully saturated rings. The van der Waals surface area contributed by atoms with Gasteiger partial charge in [-0.2, -0.15) is 4.31 Å². The van der Waals surface area contributed by atoms with Crippen LogP contribution in [0, 0.1) is 6.92 Å². The molecule has 1 amide bonds. The number of hydrogen-bond donors (Lipinski definition) is 1. The number of sulfonamides is 1. The number of esters is 1. The van der Waals surface area contributed by atoms with Crippen molar-refractivity contribution < 1.29 is 22.7 Å². The van der Waals surface area contributed by atoms with E-state index in [1.807, 2.05) is 0 Å². The highest BCUT2D eigenvalue weighted by Crippen LogP contribution is 2.24. The molecule has 160 valence electrons. The summed E-state index contributed by atoms with van der Waals surface area (Å²) in [5.41, 5.74) is 1.11. The molecule has 1 aliphatic rings. The number of nitrogens with one attached hydrogen (secondary N) is 1. The molecular weight excluding hydrogens is 428 g/mol. The maximum absolute atomic E-state index is 13.0. The van der Waals surface area contributed by atoms with Gasteiger partial charge in [0.05, 0.1) is 10.5 Å². The van der Waals surface area contributed by atoms with Gasteiger partial charge < -0.3 is 10.1 Å². The van der Waals surface area contributed by atoms with Crippen LogP contribution in [0.15, 0.2) is 47.4 Å². The second-order valence-corrected chi connectivity index (χ2v) is 9.42. The third kappa shape index (κ3) is 5.38. The fraction of sp³-hybridized carbons (Fsp3) is 0.333. The third-order valence-electron chi connectivity index (χ3n) is 4.80. The number of piperidine rings is 1. The summed E-state index contributed by atoms with van der Waals surface area (Å²) in [6.07, 6.45) is 2.65. The van der Waals surface area contributed by atoms with Crippen LogP contribution < -0.4 is 5.32 Å². The molecule has 0 bridgehead atoms. The zero-order valence-corrected chi connectivity index (χ0v) is 18.1. The van der Waals surface area contributed by atoms with Crippen molar-refractivity contribution in [1.82, 2.24) is 4.31 Å². The van der Waals surface area contributed by atoms with Crippen LogP contribution in [0.1, 0.15) is 35.2 Å². The lowest BCUT2D eigenvalue weighted by molar-refractivity contribution is -0.119. The SMILES string of the molecule is Cc1ccc(C(=O)OCC(=O)Nc2cccc(Cl)c2)cc1S(=O)(=O)N1CCCCC1. The molecule has 0 unspecified atom stereocenters. The summed E-state index contributed by atoms with van der Waals surface area (Å²) in [4.78, 5) is 24.5. The Balaban J connectivity index is 1.67. The number of rotatable bonds is 6. The van der Waals surface area contributed by atoms with Gasteiger partial charge in [-0.05, 0) is 55.7 Å². The lowest BCUT2D eigenvalue weighted by Gasteiger charge is -2.26. The van der Waals surface area contributed by atoms with Gasteiger partial charge in [-0.3, -0.25) is 4.79 Å². The number of benzene rings is 2. The first-order chi connectivity index (χ1) is 14.3. The van der Waals surface area contributed by atoms with Gasteiger partial charge in [0, 0.05) is 23.8 Å². The molecule has 2 aromatic rings. The summed E-state index contributed by atoms with van der Waals surface area (Å²) < 4.78 is 32.5. The minimum atomic E-state index is -3.69. The van der Waals surface area contributed by atoms with Crippen LogP contribution in [0.2, 0.25) is 5.02 Å². The lowest BCUT2D eigenvalue weighted by atomic mass is 10.1. The van der Waals surface area contributed by atoms with Crippen LogP contribution in [-0.4, -0.2) is 44.3 Å². The molecule has 1 aliphatic heterocycles. The van der Waals surface area contributed by atoms with Gasteiger partial charge in [-0.1, -0.05) is 30.2 Å². The highest BCUT2D eigenvalue weighted by molar-refractivity contribution is 7.89. The summed E-state index contributed by atoms with van der Waals surface area (Å²) >= 11 is 5.87. The van der Waals surface area contributed by atoms with Crippen molar-refractivity contribution in [3.8, 4) is 0 Å². The largest absolute Gasteiger partial charge is 0.452 e. The summed E-state index contributed by atoms with van der Waals surface area (Å²) in [5, 5.41) is 3.04. The molecular formula is C21H23ClN2O5S. The standard InChI is InChI=1S/C21H23ClN2O5S/c1-15-8-9-16(12-19(15)30(27,28)24-10-3-2-4-11-24)21(26)29-14-20(25)23-18-7-5-6-17(22)13-18/h5-9,12-13H,2-4,10-11,14H2,1H3,(H,23,25). The van der Waals surface area contributed by atoms with E-state index in [4.69, 9.17) is 16.3 Å². The van der Waals surface area contributed by atoms with Crippen molar-refractivity contribution in [2.75, 3.05) is 25.0 Å². The second-order valence-electron chi connectivity index (χ2n) is 7.08. The molecule has 1 saturated heterocycles. The van der Waals surface area contributed by atoms with Crippen LogP contribution in [0.25, 0.3) is 0 Å². The minimum absolute atomic E-state index is 0.0757. The third-order valence-corrected chi connectivity index (χ3v) is 7.08. The molecule has 0 aliphatic carbocycles. The molecule has 30 heavy (non-hydrogen) atoms. The Morgan fingerprint density at radius 1 is 1.10 bits per heavy atom. The predicted octanol–water partition coefficient (Wildman–Crippen LogP) is 3.62. The molecule has 0 spiro atoms. The fourth-order valence-corrected chi connectivity index (χ4v) is 5.19. The van der Waals surface area contributed by atoms with E-state index in [0.29, 0.717) is 29.4 Å². The maximum Gasteiger partial charge on any atom is 0.338 e. The van der Waals surface area contributed by atoms with Gasteiger partial charge in [0.2, 0.25) is 10.0 Å². The average Bonchev–Trinajstić information content (AvgIpc) is 2.73. The highest BCUT2D eigenvalue weighted by atomic mass is 35.5. The molecule has 2 aromatic carbocycles. The van der Waals surface area contributed by atoms with E-state index in [0.717, 1.165) is 19.3 Å². The summed E-state index contributed by atoms with van der Waals surface area (Å²) in [6.45, 7) is 2.12. The van der Waals surface area contributed by atoms with Crippen LogP contribution >= 0.6 is 11.6 Å². The number of ether oxygens (including phenoxy) is 1. The van der Waals surface area contributed by atoms with Crippen molar-refractivity contribution in [1.29, 1.82) is 0 Å². The predicted molar refractivity (Wildman–Crippen MR) is 114 cm³/mol. The van der Waals surface area contributed by atoms with Crippen molar-refractivity contribution in [2.45, 2.75) is 31.1 Å². The van der Waals surface area contributed by atoms with E-state index in [-0.39, 0.29) is 10.5 Å². The Bertz CT molecular complexity index is 1050. The number of hydrogen-bond acceptors (Lipinski definition) is 5. The topological polar surface area (TPSA) is 92.8 Å². The molecule has 7 nitrogen and oxygen atoms in total. The number of amides is 1. The smallest absolute Gasteiger partial charge is 0.338 e. The van der Waals surface area contributed by atoms with E-state index in [1.165, 1.54) is 16.4 Å². The summed E-state index contributed by atoms with van der Waals surface area (Å²) in [7, 11) is -3.69. The summed E-state index contributed by atoms with van der Waals surface area (Å²) in [5.74, 6) is -1.30. The normalized spacial score (nSPS) is 14.9. The number of carbonyl (C=O) groups excluding carboxylic acids is 2. The Kier molecular flexibility index (Phi) is 7.12. The van der Waals surface area contributed by atoms with Crippen molar-refractivity contribution >= 4 is 39.2 Å². The number of anilines is 1. The number of halogens is 1. The van der Waals surface area contributed by atoms with Crippen LogP contribution in [0.5, 0.6) is 0 Å². The zero-order chi connectivity index (χ0) is 21.7. The molecule has 1 heterocycles. The lowest BCUT2D eigenvalue weighted by Crippen LogP contribution is -2.36. The molecule has 1 N–H and O–H groups in total. The first-order valence-corrected chi connectivity index (χ1v) is 11.4. The molecule has 0 saturated carbocycles. The Morgan fingerprint density at radius 2 is 1.83 bits per heavy atom. The number of carbonyl (C=O) groups is 2. The van der Waals surface area contributed by atoms with Crippen molar-refractivity contribution in [3.05, 3.63) is 58.6 Å². The molecule has 0 radical (unpaired) electrons. The number of nitrogens with zero attached hydrogens (tertiary/aromatic N) is 1. The monoisotopic (exact) mass is 450 g/mol. The van der Waals surface area contributed by atoms with E-state index in [2.05, 4.69) is 5.32 Å². The van der Waals surface area contributed by atoms with Crippen molar-refractivity contribution in [2.24, 2.45) is 0 Å². The van der Waals surface area contributed by atoms with Crippen LogP contribution in [-0.2, 0) is 19.6 Å². The first-order valence-electron chi connectivity index (χ1n) is 9.61. The van der Waals surface area contributed by atoms with Gasteiger partial charge in [0.25, 0.3) is 5.91 Å². The first kappa shape index (κ1) is 22.3. The van der Waals surface area contributed by atoms with Gasteiger partial charge in [0.1, 0.15) is 0 Å². The Morgan fingerprint density at radius 3 is 2.53 bits per heavy atom. The Labute approximate surface area is 181 Å². The van der Waals surface area contributed by atoms with Gasteiger partial charge in [-0.15, -0.1) is 0 Å². The Hall–Kier alpha value is -2.42. The van der Waals surface area contributed by atoms with Gasteiger partial charge in [-0.25, -0.2) is 13.2 Å². The average molecular weight is 451 g/mol. The van der Waals surface area contributed by atoms with E-state index in [9.17, 15) is 18.0 Å². The highest BCUT2D eigenvalue weighted by Gasteiger charge is 2.28. The van der Waals surface area contributed by atoms with Crippen molar-refractivity contribution in [3.63, 3.8) is 0 Å². The fourth-order valence-electron chi connectivity index (χ4n) is 3.23. The van der Waals surface area contributed by atoms with E-state index < -0.39 is 28.5 Å². The molecule has 0 atom stereocenters. The zero-order valence-electron chi connectivity index (χ0n) is 16.6. The van der Waals surface area contributed by atoms with E-state index >= 15 is 0 Å². The second kappa shape index (κ2) is 9.59.